The lowest BCUT2D eigenvalue weighted by Gasteiger charge is -2.27. The first-order valence-corrected chi connectivity index (χ1v) is 5.97. The van der Waals surface area contributed by atoms with E-state index in [1.54, 1.807) is 7.11 Å². The number of nitrogens with zero attached hydrogens (tertiary/aromatic N) is 1. The molecular formula is C11H22N2O4. The zero-order valence-electron chi connectivity index (χ0n) is 10.4. The van der Waals surface area contributed by atoms with Gasteiger partial charge >= 0.3 is 0 Å². The number of carbonyl (C=O) groups is 1. The van der Waals surface area contributed by atoms with Gasteiger partial charge in [-0.25, -0.2) is 0 Å². The minimum absolute atomic E-state index is 0.0587. The van der Waals surface area contributed by atoms with Crippen LogP contribution < -0.4 is 5.32 Å². The van der Waals surface area contributed by atoms with Crippen LogP contribution in [0.2, 0.25) is 0 Å². The number of piperazine rings is 1. The summed E-state index contributed by atoms with van der Waals surface area (Å²) in [6.07, 6.45) is 0. The van der Waals surface area contributed by atoms with Crippen molar-refractivity contribution in [3.05, 3.63) is 0 Å². The molecule has 1 saturated heterocycles. The van der Waals surface area contributed by atoms with E-state index in [1.165, 1.54) is 0 Å². The van der Waals surface area contributed by atoms with Gasteiger partial charge in [0, 0.05) is 33.3 Å². The molecule has 0 aromatic carbocycles. The molecule has 6 heteroatoms. The molecule has 0 saturated carbocycles. The van der Waals surface area contributed by atoms with E-state index in [0.717, 1.165) is 26.2 Å². The molecular weight excluding hydrogens is 224 g/mol. The van der Waals surface area contributed by atoms with E-state index >= 15 is 0 Å². The molecule has 0 atom stereocenters. The number of methoxy groups -OCH3 is 1. The maximum Gasteiger partial charge on any atom is 0.248 e. The number of nitrogens with one attached hydrogen (secondary N) is 1. The zero-order valence-corrected chi connectivity index (χ0v) is 10.4. The summed E-state index contributed by atoms with van der Waals surface area (Å²) in [6.45, 7) is 5.51. The molecule has 1 fully saturated rings. The van der Waals surface area contributed by atoms with Gasteiger partial charge in [0.25, 0.3) is 0 Å². The van der Waals surface area contributed by atoms with Crippen LogP contribution in [0.3, 0.4) is 0 Å². The fourth-order valence-electron chi connectivity index (χ4n) is 1.53. The van der Waals surface area contributed by atoms with Gasteiger partial charge < -0.3 is 24.4 Å². The van der Waals surface area contributed by atoms with Crippen molar-refractivity contribution < 1.29 is 19.0 Å². The second-order valence-electron chi connectivity index (χ2n) is 3.79. The Morgan fingerprint density at radius 1 is 1.12 bits per heavy atom. The molecule has 0 bridgehead atoms. The molecule has 6 nitrogen and oxygen atoms in total. The first-order valence-electron chi connectivity index (χ1n) is 5.97. The minimum Gasteiger partial charge on any atom is -0.382 e. The maximum atomic E-state index is 11.6. The molecule has 0 aliphatic carbocycles. The maximum absolute atomic E-state index is 11.6. The molecule has 1 rings (SSSR count). The number of ether oxygens (including phenoxy) is 3. The van der Waals surface area contributed by atoms with Crippen molar-refractivity contribution in [3.63, 3.8) is 0 Å². The number of carbonyl (C=O) groups excluding carboxylic acids is 1. The predicted molar refractivity (Wildman–Crippen MR) is 63.0 cm³/mol. The Labute approximate surface area is 102 Å². The van der Waals surface area contributed by atoms with Gasteiger partial charge in [0.05, 0.1) is 26.4 Å². The molecule has 1 heterocycles. The third-order valence-corrected chi connectivity index (χ3v) is 2.50. The summed E-state index contributed by atoms with van der Waals surface area (Å²) in [5.74, 6) is 0.0587. The standard InChI is InChI=1S/C11H22N2O4/c1-15-6-7-16-8-9-17-10-11(14)13-4-2-12-3-5-13/h12H,2-10H2,1H3. The largest absolute Gasteiger partial charge is 0.382 e. The molecule has 1 aliphatic rings. The Balaban J connectivity index is 1.92. The van der Waals surface area contributed by atoms with Crippen LogP contribution in [-0.2, 0) is 19.0 Å². The summed E-state index contributed by atoms with van der Waals surface area (Å²) in [5, 5.41) is 3.20. The summed E-state index contributed by atoms with van der Waals surface area (Å²) in [7, 11) is 1.63. The fourth-order valence-corrected chi connectivity index (χ4v) is 1.53. The van der Waals surface area contributed by atoms with E-state index in [9.17, 15) is 4.79 Å². The van der Waals surface area contributed by atoms with E-state index in [2.05, 4.69) is 5.32 Å². The lowest BCUT2D eigenvalue weighted by atomic mass is 10.3. The van der Waals surface area contributed by atoms with Crippen molar-refractivity contribution in [2.45, 2.75) is 0 Å². The average Bonchev–Trinajstić information content (AvgIpc) is 2.38. The Morgan fingerprint density at radius 3 is 2.47 bits per heavy atom. The summed E-state index contributed by atoms with van der Waals surface area (Å²) in [4.78, 5) is 13.5. The van der Waals surface area contributed by atoms with Crippen LogP contribution in [0, 0.1) is 0 Å². The van der Waals surface area contributed by atoms with Crippen LogP contribution in [0.4, 0.5) is 0 Å². The highest BCUT2D eigenvalue weighted by Crippen LogP contribution is 1.94. The molecule has 100 valence electrons. The Hall–Kier alpha value is -0.690. The Bertz CT molecular complexity index is 208. The van der Waals surface area contributed by atoms with Crippen molar-refractivity contribution in [1.29, 1.82) is 0 Å². The smallest absolute Gasteiger partial charge is 0.248 e. The fraction of sp³-hybridized carbons (Fsp3) is 0.909. The summed E-state index contributed by atoms with van der Waals surface area (Å²) in [6, 6.07) is 0. The van der Waals surface area contributed by atoms with Crippen LogP contribution in [0.25, 0.3) is 0 Å². The van der Waals surface area contributed by atoms with Crippen LogP contribution in [0.15, 0.2) is 0 Å². The number of hydrogen-bond donors (Lipinski definition) is 1. The van der Waals surface area contributed by atoms with Gasteiger partial charge in [0.2, 0.25) is 5.91 Å². The molecule has 1 N–H and O–H groups in total. The van der Waals surface area contributed by atoms with E-state index in [1.807, 2.05) is 4.90 Å². The van der Waals surface area contributed by atoms with E-state index in [4.69, 9.17) is 14.2 Å². The van der Waals surface area contributed by atoms with Gasteiger partial charge in [-0.1, -0.05) is 0 Å². The molecule has 0 radical (unpaired) electrons. The first kappa shape index (κ1) is 14.4. The molecule has 0 spiro atoms. The lowest BCUT2D eigenvalue weighted by molar-refractivity contribution is -0.137. The lowest BCUT2D eigenvalue weighted by Crippen LogP contribution is -2.47. The topological polar surface area (TPSA) is 60.0 Å². The van der Waals surface area contributed by atoms with Gasteiger partial charge in [-0.15, -0.1) is 0 Å². The van der Waals surface area contributed by atoms with Crippen LogP contribution in [-0.4, -0.2) is 77.1 Å². The van der Waals surface area contributed by atoms with Crippen molar-refractivity contribution in [2.24, 2.45) is 0 Å². The molecule has 1 amide bonds. The summed E-state index contributed by atoms with van der Waals surface area (Å²) in [5.41, 5.74) is 0. The second-order valence-corrected chi connectivity index (χ2v) is 3.79. The van der Waals surface area contributed by atoms with Crippen molar-refractivity contribution >= 4 is 5.91 Å². The molecule has 0 aromatic heterocycles. The molecule has 1 aliphatic heterocycles. The summed E-state index contributed by atoms with van der Waals surface area (Å²) >= 11 is 0. The second kappa shape index (κ2) is 9.35. The monoisotopic (exact) mass is 246 g/mol. The molecule has 17 heavy (non-hydrogen) atoms. The third-order valence-electron chi connectivity index (χ3n) is 2.50. The number of rotatable bonds is 8. The summed E-state index contributed by atoms with van der Waals surface area (Å²) < 4.78 is 15.3. The number of amides is 1. The highest BCUT2D eigenvalue weighted by atomic mass is 16.5. The average molecular weight is 246 g/mol. The van der Waals surface area contributed by atoms with Crippen LogP contribution in [0.5, 0.6) is 0 Å². The minimum atomic E-state index is 0.0587. The van der Waals surface area contributed by atoms with E-state index < -0.39 is 0 Å². The Kier molecular flexibility index (Phi) is 7.91. The van der Waals surface area contributed by atoms with E-state index in [-0.39, 0.29) is 12.5 Å². The Morgan fingerprint density at radius 2 is 1.76 bits per heavy atom. The van der Waals surface area contributed by atoms with Crippen LogP contribution >= 0.6 is 0 Å². The SMILES string of the molecule is COCCOCCOCC(=O)N1CCNCC1. The zero-order chi connectivity index (χ0) is 12.3. The predicted octanol–water partition coefficient (Wildman–Crippen LogP) is -0.902. The van der Waals surface area contributed by atoms with Gasteiger partial charge in [-0.05, 0) is 0 Å². The number of hydrogen-bond acceptors (Lipinski definition) is 5. The van der Waals surface area contributed by atoms with Gasteiger partial charge in [-0.2, -0.15) is 0 Å². The normalized spacial score (nSPS) is 16.2. The first-order chi connectivity index (χ1) is 8.34. The van der Waals surface area contributed by atoms with Crippen molar-refractivity contribution in [1.82, 2.24) is 10.2 Å². The highest BCUT2D eigenvalue weighted by molar-refractivity contribution is 5.77. The van der Waals surface area contributed by atoms with Crippen molar-refractivity contribution in [3.8, 4) is 0 Å². The van der Waals surface area contributed by atoms with E-state index in [0.29, 0.717) is 26.4 Å². The highest BCUT2D eigenvalue weighted by Gasteiger charge is 2.15. The van der Waals surface area contributed by atoms with Crippen LogP contribution in [0.1, 0.15) is 0 Å². The van der Waals surface area contributed by atoms with Gasteiger partial charge in [0.15, 0.2) is 0 Å². The molecule has 0 aromatic rings. The van der Waals surface area contributed by atoms with Crippen molar-refractivity contribution in [2.75, 3.05) is 66.3 Å². The van der Waals surface area contributed by atoms with Gasteiger partial charge in [-0.3, -0.25) is 4.79 Å². The van der Waals surface area contributed by atoms with Gasteiger partial charge in [0.1, 0.15) is 6.61 Å². The third kappa shape index (κ3) is 6.58. The molecule has 0 unspecified atom stereocenters. The quantitative estimate of drug-likeness (QED) is 0.562.